The van der Waals surface area contributed by atoms with E-state index >= 15 is 0 Å². The molecule has 0 aliphatic carbocycles. The number of hydrogen-bond acceptors (Lipinski definition) is 7. The van der Waals surface area contributed by atoms with E-state index < -0.39 is 5.92 Å². The monoisotopic (exact) mass is 425 g/mol. The van der Waals surface area contributed by atoms with Gasteiger partial charge in [0.15, 0.2) is 17.3 Å². The lowest BCUT2D eigenvalue weighted by Gasteiger charge is -2.17. The fraction of sp³-hybridized carbons (Fsp3) is 0.286. The zero-order valence-electron chi connectivity index (χ0n) is 16.2. The smallest absolute Gasteiger partial charge is 0.231 e. The molecule has 2 aliphatic heterocycles. The second-order valence-electron chi connectivity index (χ2n) is 7.18. The highest BCUT2D eigenvalue weighted by molar-refractivity contribution is 7.09. The Bertz CT molecular complexity index is 1120. The van der Waals surface area contributed by atoms with E-state index in [1.807, 2.05) is 24.4 Å². The molecule has 0 spiro atoms. The van der Waals surface area contributed by atoms with E-state index in [0.29, 0.717) is 35.3 Å². The van der Waals surface area contributed by atoms with Crippen molar-refractivity contribution in [3.05, 3.63) is 46.5 Å². The van der Waals surface area contributed by atoms with Crippen molar-refractivity contribution in [2.24, 2.45) is 5.92 Å². The summed E-state index contributed by atoms with van der Waals surface area (Å²) in [6, 6.07) is 9.01. The van der Waals surface area contributed by atoms with E-state index in [-0.39, 0.29) is 31.6 Å². The highest BCUT2D eigenvalue weighted by atomic mass is 32.1. The summed E-state index contributed by atoms with van der Waals surface area (Å²) in [5, 5.41) is 5.77. The van der Waals surface area contributed by atoms with Crippen LogP contribution in [0.25, 0.3) is 11.5 Å². The summed E-state index contributed by atoms with van der Waals surface area (Å²) in [5.41, 5.74) is 1.49. The summed E-state index contributed by atoms with van der Waals surface area (Å²) in [7, 11) is 0. The number of hydrogen-bond donors (Lipinski definition) is 1. The zero-order valence-corrected chi connectivity index (χ0v) is 17.0. The van der Waals surface area contributed by atoms with Crippen LogP contribution in [-0.4, -0.2) is 30.1 Å². The first-order valence-electron chi connectivity index (χ1n) is 9.56. The number of thiazole rings is 1. The predicted molar refractivity (Wildman–Crippen MR) is 109 cm³/mol. The van der Waals surface area contributed by atoms with Gasteiger partial charge in [-0.3, -0.25) is 9.59 Å². The predicted octanol–water partition coefficient (Wildman–Crippen LogP) is 3.11. The van der Waals surface area contributed by atoms with Crippen molar-refractivity contribution in [3.63, 3.8) is 0 Å². The Morgan fingerprint density at radius 3 is 2.97 bits per heavy atom. The topological polar surface area (TPSA) is 93.9 Å². The minimum atomic E-state index is -0.418. The average Bonchev–Trinajstić information content (AvgIpc) is 3.52. The lowest BCUT2D eigenvalue weighted by molar-refractivity contribution is -0.126. The molecule has 9 heteroatoms. The Balaban J connectivity index is 1.20. The number of benzene rings is 1. The van der Waals surface area contributed by atoms with Gasteiger partial charge in [0, 0.05) is 30.1 Å². The molecule has 3 aromatic rings. The Kier molecular flexibility index (Phi) is 4.66. The van der Waals surface area contributed by atoms with Crippen molar-refractivity contribution in [1.29, 1.82) is 0 Å². The molecule has 2 aromatic heterocycles. The van der Waals surface area contributed by atoms with Gasteiger partial charge in [0.2, 0.25) is 18.6 Å². The van der Waals surface area contributed by atoms with Crippen molar-refractivity contribution in [1.82, 2.24) is 10.3 Å². The van der Waals surface area contributed by atoms with Crippen molar-refractivity contribution in [2.45, 2.75) is 19.9 Å². The van der Waals surface area contributed by atoms with Crippen LogP contribution in [0, 0.1) is 12.8 Å². The Morgan fingerprint density at radius 2 is 2.13 bits per heavy atom. The highest BCUT2D eigenvalue weighted by Crippen LogP contribution is 2.37. The molecular formula is C21H19N3O5S. The molecule has 1 saturated heterocycles. The van der Waals surface area contributed by atoms with Crippen molar-refractivity contribution in [3.8, 4) is 23.0 Å². The second-order valence-corrected chi connectivity index (χ2v) is 8.24. The largest absolute Gasteiger partial charge is 0.458 e. The van der Waals surface area contributed by atoms with Crippen LogP contribution in [-0.2, 0) is 16.1 Å². The van der Waals surface area contributed by atoms with Crippen LogP contribution in [0.5, 0.6) is 11.5 Å². The number of carbonyl (C=O) groups is 2. The number of ether oxygens (including phenoxy) is 2. The third-order valence-electron chi connectivity index (χ3n) is 5.13. The van der Waals surface area contributed by atoms with E-state index in [1.165, 1.54) is 0 Å². The number of aromatic nitrogens is 1. The number of amides is 2. The van der Waals surface area contributed by atoms with Crippen LogP contribution in [0.2, 0.25) is 0 Å². The Morgan fingerprint density at radius 1 is 1.27 bits per heavy atom. The van der Waals surface area contributed by atoms with E-state index in [2.05, 4.69) is 10.3 Å². The zero-order chi connectivity index (χ0) is 20.7. The first kappa shape index (κ1) is 18.7. The maximum Gasteiger partial charge on any atom is 0.231 e. The summed E-state index contributed by atoms with van der Waals surface area (Å²) >= 11 is 1.56. The summed E-state index contributed by atoms with van der Waals surface area (Å²) in [4.78, 5) is 31.1. The molecule has 1 fully saturated rings. The molecule has 0 saturated carbocycles. The summed E-state index contributed by atoms with van der Waals surface area (Å²) in [5.74, 6) is 1.90. The molecule has 1 atom stereocenters. The van der Waals surface area contributed by atoms with Crippen LogP contribution in [0.4, 0.5) is 5.69 Å². The number of furan rings is 1. The fourth-order valence-corrected chi connectivity index (χ4v) is 4.19. The summed E-state index contributed by atoms with van der Waals surface area (Å²) in [6.45, 7) is 2.70. The molecule has 1 N–H and O–H groups in total. The van der Waals surface area contributed by atoms with Gasteiger partial charge in [-0.05, 0) is 31.2 Å². The molecule has 154 valence electrons. The average molecular weight is 425 g/mol. The molecule has 30 heavy (non-hydrogen) atoms. The fourth-order valence-electron chi connectivity index (χ4n) is 3.59. The standard InChI is InChI=1S/C21H19N3O5S/c1-12-23-16(10-30-12)17-5-3-15(29-17)8-22-21(26)13-6-20(25)24(9-13)14-2-4-18-19(7-14)28-11-27-18/h2-5,7,10,13H,6,8-9,11H2,1H3,(H,22,26)/t13-/m0/s1. The highest BCUT2D eigenvalue weighted by Gasteiger charge is 2.35. The maximum absolute atomic E-state index is 12.6. The molecule has 0 bridgehead atoms. The van der Waals surface area contributed by atoms with Gasteiger partial charge >= 0.3 is 0 Å². The number of carbonyl (C=O) groups excluding carboxylic acids is 2. The SMILES string of the molecule is Cc1nc(-c2ccc(CNC(=O)[C@H]3CC(=O)N(c4ccc5c(c4)OCO5)C3)o2)cs1. The molecule has 0 radical (unpaired) electrons. The molecule has 2 aliphatic rings. The normalized spacial score (nSPS) is 17.6. The lowest BCUT2D eigenvalue weighted by atomic mass is 10.1. The maximum atomic E-state index is 12.6. The molecule has 0 unspecified atom stereocenters. The first-order valence-corrected chi connectivity index (χ1v) is 10.4. The Hall–Kier alpha value is -3.33. The van der Waals surface area contributed by atoms with Crippen LogP contribution >= 0.6 is 11.3 Å². The quantitative estimate of drug-likeness (QED) is 0.675. The van der Waals surface area contributed by atoms with Gasteiger partial charge in [-0.1, -0.05) is 0 Å². The summed E-state index contributed by atoms with van der Waals surface area (Å²) < 4.78 is 16.5. The number of anilines is 1. The van der Waals surface area contributed by atoms with Gasteiger partial charge in [-0.25, -0.2) is 4.98 Å². The summed E-state index contributed by atoms with van der Waals surface area (Å²) in [6.07, 6.45) is 0.168. The minimum absolute atomic E-state index is 0.0896. The molecule has 8 nitrogen and oxygen atoms in total. The van der Waals surface area contributed by atoms with Crippen LogP contribution < -0.4 is 19.7 Å². The van der Waals surface area contributed by atoms with E-state index in [1.54, 1.807) is 34.4 Å². The number of nitrogens with zero attached hydrogens (tertiary/aromatic N) is 2. The van der Waals surface area contributed by atoms with Crippen molar-refractivity contribution in [2.75, 3.05) is 18.2 Å². The van der Waals surface area contributed by atoms with Crippen LogP contribution in [0.1, 0.15) is 17.2 Å². The van der Waals surface area contributed by atoms with Gasteiger partial charge in [0.1, 0.15) is 11.5 Å². The first-order chi connectivity index (χ1) is 14.6. The van der Waals surface area contributed by atoms with Gasteiger partial charge in [0.25, 0.3) is 0 Å². The molecule has 5 rings (SSSR count). The number of rotatable bonds is 5. The van der Waals surface area contributed by atoms with Gasteiger partial charge in [-0.15, -0.1) is 11.3 Å². The van der Waals surface area contributed by atoms with E-state index in [0.717, 1.165) is 10.7 Å². The molecule has 4 heterocycles. The van der Waals surface area contributed by atoms with E-state index in [4.69, 9.17) is 13.9 Å². The molecule has 2 amide bonds. The third-order valence-corrected chi connectivity index (χ3v) is 5.91. The van der Waals surface area contributed by atoms with Crippen molar-refractivity contribution >= 4 is 28.8 Å². The van der Waals surface area contributed by atoms with E-state index in [9.17, 15) is 9.59 Å². The lowest BCUT2D eigenvalue weighted by Crippen LogP contribution is -2.32. The van der Waals surface area contributed by atoms with Crippen LogP contribution in [0.15, 0.2) is 40.1 Å². The second kappa shape index (κ2) is 7.49. The van der Waals surface area contributed by atoms with Gasteiger partial charge in [-0.2, -0.15) is 0 Å². The molecular weight excluding hydrogens is 406 g/mol. The molecule has 1 aromatic carbocycles. The number of fused-ring (bicyclic) bond motifs is 1. The van der Waals surface area contributed by atoms with Crippen molar-refractivity contribution < 1.29 is 23.5 Å². The van der Waals surface area contributed by atoms with Crippen LogP contribution in [0.3, 0.4) is 0 Å². The van der Waals surface area contributed by atoms with Gasteiger partial charge < -0.3 is 24.1 Å². The Labute approximate surface area is 176 Å². The minimum Gasteiger partial charge on any atom is -0.458 e. The third kappa shape index (κ3) is 3.52. The van der Waals surface area contributed by atoms with Gasteiger partial charge in [0.05, 0.1) is 17.5 Å². The number of aryl methyl sites for hydroxylation is 1. The number of nitrogens with one attached hydrogen (secondary N) is 1.